The molecule has 1 aromatic carbocycles. The van der Waals surface area contributed by atoms with Crippen molar-refractivity contribution in [3.05, 3.63) is 28.3 Å². The van der Waals surface area contributed by atoms with Crippen LogP contribution in [0.3, 0.4) is 0 Å². The van der Waals surface area contributed by atoms with Crippen LogP contribution in [0, 0.1) is 10.1 Å². The highest BCUT2D eigenvalue weighted by atomic mass is 35.5. The summed E-state index contributed by atoms with van der Waals surface area (Å²) in [6.45, 7) is 0. The van der Waals surface area contributed by atoms with E-state index in [1.807, 2.05) is 0 Å². The van der Waals surface area contributed by atoms with Crippen LogP contribution in [-0.2, 0) is 4.79 Å². The molecule has 1 aliphatic rings. The van der Waals surface area contributed by atoms with Crippen LogP contribution >= 0.6 is 24.2 Å². The molecule has 1 amide bonds. The third-order valence-electron chi connectivity index (χ3n) is 2.68. The van der Waals surface area contributed by atoms with Crippen molar-refractivity contribution < 1.29 is 14.5 Å². The van der Waals surface area contributed by atoms with Crippen LogP contribution in [0.5, 0.6) is 5.75 Å². The average Bonchev–Trinajstić information content (AvgIpc) is 2.92. The summed E-state index contributed by atoms with van der Waals surface area (Å²) in [5.41, 5.74) is 0.213. The van der Waals surface area contributed by atoms with Crippen molar-refractivity contribution in [3.63, 3.8) is 0 Å². The van der Waals surface area contributed by atoms with Crippen molar-refractivity contribution in [1.29, 1.82) is 0 Å². The Morgan fingerprint density at radius 2 is 2.35 bits per heavy atom. The Labute approximate surface area is 126 Å². The summed E-state index contributed by atoms with van der Waals surface area (Å²) in [5.74, 6) is 1.41. The van der Waals surface area contributed by atoms with Crippen LogP contribution in [-0.4, -0.2) is 35.6 Å². The van der Waals surface area contributed by atoms with Crippen molar-refractivity contribution in [2.75, 3.05) is 24.1 Å². The van der Waals surface area contributed by atoms with Crippen LogP contribution in [0.4, 0.5) is 11.4 Å². The van der Waals surface area contributed by atoms with E-state index in [1.54, 1.807) is 17.8 Å². The predicted molar refractivity (Wildman–Crippen MR) is 79.8 cm³/mol. The van der Waals surface area contributed by atoms with Crippen LogP contribution in [0.25, 0.3) is 0 Å². The number of anilines is 1. The molecule has 1 fully saturated rings. The molecule has 9 heteroatoms. The summed E-state index contributed by atoms with van der Waals surface area (Å²) >= 11 is 1.64. The van der Waals surface area contributed by atoms with Crippen molar-refractivity contribution >= 4 is 41.5 Å². The van der Waals surface area contributed by atoms with E-state index in [9.17, 15) is 14.9 Å². The fourth-order valence-corrected chi connectivity index (χ4v) is 2.65. The zero-order chi connectivity index (χ0) is 13.8. The lowest BCUT2D eigenvalue weighted by atomic mass is 10.2. The number of nitro benzene ring substituents is 1. The first-order chi connectivity index (χ1) is 9.11. The summed E-state index contributed by atoms with van der Waals surface area (Å²) in [4.78, 5) is 22.2. The van der Waals surface area contributed by atoms with Gasteiger partial charge in [-0.25, -0.2) is 0 Å². The highest BCUT2D eigenvalue weighted by Gasteiger charge is 2.23. The van der Waals surface area contributed by atoms with Crippen LogP contribution in [0.15, 0.2) is 18.2 Å². The number of hydrogen-bond donors (Lipinski definition) is 2. The summed E-state index contributed by atoms with van der Waals surface area (Å²) in [6.07, 6.45) is 0. The molecule has 20 heavy (non-hydrogen) atoms. The summed E-state index contributed by atoms with van der Waals surface area (Å²) < 4.78 is 4.90. The van der Waals surface area contributed by atoms with E-state index in [2.05, 4.69) is 10.6 Å². The molecule has 7 nitrogen and oxygen atoms in total. The standard InChI is InChI=1S/C11H13N3O4S.ClH/c1-18-10-3-2-7(4-9(10)14(16)17)13-11(15)8-5-19-6-12-8;/h2-4,8,12H,5-6H2,1H3,(H,13,15);1H. The van der Waals surface area contributed by atoms with Gasteiger partial charge in [-0.2, -0.15) is 0 Å². The van der Waals surface area contributed by atoms with Crippen molar-refractivity contribution in [2.24, 2.45) is 0 Å². The molecule has 1 unspecified atom stereocenters. The number of nitro groups is 1. The molecule has 0 spiro atoms. The second-order valence-corrected chi connectivity index (χ2v) is 4.94. The Balaban J connectivity index is 0.00000200. The molecular weight excluding hydrogens is 306 g/mol. The van der Waals surface area contributed by atoms with Gasteiger partial charge >= 0.3 is 5.69 Å². The zero-order valence-electron chi connectivity index (χ0n) is 10.6. The number of methoxy groups -OCH3 is 1. The van der Waals surface area contributed by atoms with Gasteiger partial charge in [0.25, 0.3) is 0 Å². The number of hydrogen-bond acceptors (Lipinski definition) is 6. The quantitative estimate of drug-likeness (QED) is 0.647. The second-order valence-electron chi connectivity index (χ2n) is 3.90. The lowest BCUT2D eigenvalue weighted by molar-refractivity contribution is -0.385. The predicted octanol–water partition coefficient (Wildman–Crippen LogP) is 1.63. The average molecular weight is 320 g/mol. The minimum atomic E-state index is -0.543. The first-order valence-electron chi connectivity index (χ1n) is 5.56. The Morgan fingerprint density at radius 1 is 1.60 bits per heavy atom. The number of ether oxygens (including phenoxy) is 1. The Kier molecular flexibility index (Phi) is 6.05. The van der Waals surface area contributed by atoms with Gasteiger partial charge in [-0.05, 0) is 12.1 Å². The number of amides is 1. The third kappa shape index (κ3) is 3.75. The first-order valence-corrected chi connectivity index (χ1v) is 6.71. The van der Waals surface area contributed by atoms with E-state index in [0.29, 0.717) is 11.4 Å². The van der Waals surface area contributed by atoms with Crippen LogP contribution < -0.4 is 15.4 Å². The van der Waals surface area contributed by atoms with E-state index in [-0.39, 0.29) is 35.8 Å². The Morgan fingerprint density at radius 3 is 2.90 bits per heavy atom. The molecule has 1 heterocycles. The minimum Gasteiger partial charge on any atom is -0.490 e. The number of thioether (sulfide) groups is 1. The monoisotopic (exact) mass is 319 g/mol. The molecular formula is C11H14ClN3O4S. The van der Waals surface area contributed by atoms with E-state index >= 15 is 0 Å². The number of halogens is 1. The van der Waals surface area contributed by atoms with Gasteiger partial charge in [-0.3, -0.25) is 20.2 Å². The lowest BCUT2D eigenvalue weighted by Gasteiger charge is -2.11. The van der Waals surface area contributed by atoms with Crippen LogP contribution in [0.2, 0.25) is 0 Å². The van der Waals surface area contributed by atoms with Gasteiger partial charge in [0.05, 0.1) is 18.1 Å². The summed E-state index contributed by atoms with van der Waals surface area (Å²) in [5, 5.41) is 16.6. The number of carbonyl (C=O) groups excluding carboxylic acids is 1. The highest BCUT2D eigenvalue weighted by molar-refractivity contribution is 7.99. The van der Waals surface area contributed by atoms with Gasteiger partial charge in [0.15, 0.2) is 5.75 Å². The highest BCUT2D eigenvalue weighted by Crippen LogP contribution is 2.29. The summed E-state index contributed by atoms with van der Waals surface area (Å²) in [6, 6.07) is 4.07. The van der Waals surface area contributed by atoms with E-state index in [4.69, 9.17) is 4.74 Å². The molecule has 0 aliphatic carbocycles. The van der Waals surface area contributed by atoms with Gasteiger partial charge in [-0.15, -0.1) is 24.2 Å². The number of rotatable bonds is 4. The molecule has 1 saturated heterocycles. The molecule has 2 N–H and O–H groups in total. The van der Waals surface area contributed by atoms with E-state index in [1.165, 1.54) is 19.2 Å². The van der Waals surface area contributed by atoms with Gasteiger partial charge in [0.1, 0.15) is 0 Å². The molecule has 0 saturated carbocycles. The first kappa shape index (κ1) is 16.5. The fraction of sp³-hybridized carbons (Fsp3) is 0.364. The molecule has 1 aliphatic heterocycles. The Bertz CT molecular complexity index is 508. The SMILES string of the molecule is COc1ccc(NC(=O)C2CSCN2)cc1[N+](=O)[O-].Cl. The van der Waals surface area contributed by atoms with E-state index < -0.39 is 4.92 Å². The van der Waals surface area contributed by atoms with Gasteiger partial charge in [0.2, 0.25) is 5.91 Å². The summed E-state index contributed by atoms with van der Waals surface area (Å²) in [7, 11) is 1.36. The molecule has 0 aromatic heterocycles. The molecule has 0 radical (unpaired) electrons. The molecule has 1 atom stereocenters. The fourth-order valence-electron chi connectivity index (χ4n) is 1.70. The van der Waals surface area contributed by atoms with Gasteiger partial charge < -0.3 is 10.1 Å². The molecule has 0 bridgehead atoms. The van der Waals surface area contributed by atoms with Crippen molar-refractivity contribution in [1.82, 2.24) is 5.32 Å². The van der Waals surface area contributed by atoms with E-state index in [0.717, 1.165) is 5.88 Å². The number of nitrogens with zero attached hydrogens (tertiary/aromatic N) is 1. The number of benzene rings is 1. The number of nitrogens with one attached hydrogen (secondary N) is 2. The van der Waals surface area contributed by atoms with Gasteiger partial charge in [-0.1, -0.05) is 0 Å². The third-order valence-corrected chi connectivity index (χ3v) is 3.62. The molecule has 110 valence electrons. The maximum atomic E-state index is 11.9. The second kappa shape index (κ2) is 7.32. The molecule has 2 rings (SSSR count). The minimum absolute atomic E-state index is 0. The maximum absolute atomic E-state index is 11.9. The van der Waals surface area contributed by atoms with Crippen LogP contribution in [0.1, 0.15) is 0 Å². The van der Waals surface area contributed by atoms with Crippen molar-refractivity contribution in [3.8, 4) is 5.75 Å². The lowest BCUT2D eigenvalue weighted by Crippen LogP contribution is -2.37. The smallest absolute Gasteiger partial charge is 0.312 e. The molecule has 1 aromatic rings. The van der Waals surface area contributed by atoms with Gasteiger partial charge in [0, 0.05) is 23.4 Å². The Hall–Kier alpha value is -1.51. The largest absolute Gasteiger partial charge is 0.490 e. The normalized spacial score (nSPS) is 17.1. The van der Waals surface area contributed by atoms with Crippen molar-refractivity contribution in [2.45, 2.75) is 6.04 Å². The topological polar surface area (TPSA) is 93.5 Å². The maximum Gasteiger partial charge on any atom is 0.312 e. The zero-order valence-corrected chi connectivity index (χ0v) is 12.3. The number of carbonyl (C=O) groups is 1.